The lowest BCUT2D eigenvalue weighted by molar-refractivity contribution is 0.0686. The van der Waals surface area contributed by atoms with Crippen molar-refractivity contribution in [1.29, 1.82) is 0 Å². The third-order valence-electron chi connectivity index (χ3n) is 1.69. The molecule has 0 heterocycles. The minimum atomic E-state index is -0.590. The number of carbonyl (C=O) groups excluding carboxylic acids is 1. The quantitative estimate of drug-likeness (QED) is 0.591. The van der Waals surface area contributed by atoms with Gasteiger partial charge in [0, 0.05) is 0 Å². The van der Waals surface area contributed by atoms with Gasteiger partial charge in [0.15, 0.2) is 0 Å². The maximum absolute atomic E-state index is 10.4. The van der Waals surface area contributed by atoms with Gasteiger partial charge in [0.05, 0.1) is 13.7 Å². The maximum Gasteiger partial charge on any atom is 0.507 e. The van der Waals surface area contributed by atoms with Gasteiger partial charge in [-0.2, -0.15) is 0 Å². The first-order valence-electron chi connectivity index (χ1n) is 3.91. The number of rotatable bonds is 4. The molecule has 0 aromatic carbocycles. The molecule has 0 radical (unpaired) electrons. The molecular weight excluding hydrogens is 144 g/mol. The fourth-order valence-electron chi connectivity index (χ4n) is 0.606. The van der Waals surface area contributed by atoms with Gasteiger partial charge in [0.1, 0.15) is 0 Å². The molecule has 0 saturated carbocycles. The summed E-state index contributed by atoms with van der Waals surface area (Å²) in [5.41, 5.74) is 0. The molecule has 66 valence electrons. The summed E-state index contributed by atoms with van der Waals surface area (Å²) in [7, 11) is 1.31. The summed E-state index contributed by atoms with van der Waals surface area (Å²) in [5.74, 6) is 0.611. The Morgan fingerprint density at radius 2 is 2.18 bits per heavy atom. The molecule has 0 spiro atoms. The summed E-state index contributed by atoms with van der Waals surface area (Å²) < 4.78 is 9.01. The van der Waals surface area contributed by atoms with Crippen LogP contribution in [0.2, 0.25) is 0 Å². The molecule has 11 heavy (non-hydrogen) atoms. The summed E-state index contributed by atoms with van der Waals surface area (Å²) in [6.45, 7) is 4.70. The van der Waals surface area contributed by atoms with Crippen LogP contribution in [0.3, 0.4) is 0 Å². The Morgan fingerprint density at radius 1 is 1.55 bits per heavy atom. The van der Waals surface area contributed by atoms with Gasteiger partial charge in [0.25, 0.3) is 0 Å². The van der Waals surface area contributed by atoms with Crippen LogP contribution in [0.15, 0.2) is 0 Å². The predicted octanol–water partition coefficient (Wildman–Crippen LogP) is 2.21. The van der Waals surface area contributed by atoms with Crippen molar-refractivity contribution in [3.63, 3.8) is 0 Å². The van der Waals surface area contributed by atoms with E-state index >= 15 is 0 Å². The van der Waals surface area contributed by atoms with E-state index < -0.39 is 6.16 Å². The summed E-state index contributed by atoms with van der Waals surface area (Å²) in [6.07, 6.45) is 1.43. The topological polar surface area (TPSA) is 35.5 Å². The Morgan fingerprint density at radius 3 is 2.64 bits per heavy atom. The third kappa shape index (κ3) is 5.70. The Bertz CT molecular complexity index is 112. The predicted molar refractivity (Wildman–Crippen MR) is 42.4 cm³/mol. The number of carbonyl (C=O) groups is 1. The average molecular weight is 160 g/mol. The van der Waals surface area contributed by atoms with Crippen LogP contribution >= 0.6 is 0 Å². The molecule has 0 N–H and O–H groups in total. The minimum absolute atomic E-state index is 0.460. The second kappa shape index (κ2) is 6.01. The summed E-state index contributed by atoms with van der Waals surface area (Å²) in [4.78, 5) is 10.4. The molecular formula is C8H16O3. The first kappa shape index (κ1) is 10.3. The van der Waals surface area contributed by atoms with E-state index in [1.54, 1.807) is 0 Å². The third-order valence-corrected chi connectivity index (χ3v) is 1.69. The Balaban J connectivity index is 3.20. The molecule has 3 heteroatoms. The first-order valence-corrected chi connectivity index (χ1v) is 3.91. The van der Waals surface area contributed by atoms with Crippen LogP contribution in [0.5, 0.6) is 0 Å². The van der Waals surface area contributed by atoms with Crippen LogP contribution in [0, 0.1) is 5.92 Å². The molecule has 0 bridgehead atoms. The lowest BCUT2D eigenvalue weighted by atomic mass is 10.1. The monoisotopic (exact) mass is 160 g/mol. The smallest absolute Gasteiger partial charge is 0.438 e. The van der Waals surface area contributed by atoms with E-state index in [4.69, 9.17) is 4.74 Å². The van der Waals surface area contributed by atoms with Crippen LogP contribution < -0.4 is 0 Å². The number of methoxy groups -OCH3 is 1. The van der Waals surface area contributed by atoms with Crippen molar-refractivity contribution in [2.75, 3.05) is 13.7 Å². The number of hydrogen-bond donors (Lipinski definition) is 0. The summed E-state index contributed by atoms with van der Waals surface area (Å²) in [5, 5.41) is 0. The highest BCUT2D eigenvalue weighted by atomic mass is 16.7. The molecule has 0 aliphatic rings. The van der Waals surface area contributed by atoms with Crippen LogP contribution in [0.25, 0.3) is 0 Å². The lowest BCUT2D eigenvalue weighted by Crippen LogP contribution is -2.07. The van der Waals surface area contributed by atoms with Crippen molar-refractivity contribution in [3.8, 4) is 0 Å². The molecule has 0 saturated heterocycles. The molecule has 0 aromatic heterocycles. The van der Waals surface area contributed by atoms with E-state index in [1.807, 2.05) is 0 Å². The molecule has 1 unspecified atom stereocenters. The molecule has 0 fully saturated rings. The van der Waals surface area contributed by atoms with Gasteiger partial charge in [-0.15, -0.1) is 0 Å². The fourth-order valence-corrected chi connectivity index (χ4v) is 0.606. The number of ether oxygens (including phenoxy) is 2. The summed E-state index contributed by atoms with van der Waals surface area (Å²) in [6, 6.07) is 0. The minimum Gasteiger partial charge on any atom is -0.438 e. The van der Waals surface area contributed by atoms with Gasteiger partial charge >= 0.3 is 6.16 Å². The second-order valence-electron chi connectivity index (χ2n) is 2.60. The Hall–Kier alpha value is -0.730. The van der Waals surface area contributed by atoms with Gasteiger partial charge in [-0.05, 0) is 12.3 Å². The van der Waals surface area contributed by atoms with Crippen molar-refractivity contribution in [3.05, 3.63) is 0 Å². The van der Waals surface area contributed by atoms with Gasteiger partial charge < -0.3 is 9.47 Å². The normalized spacial score (nSPS) is 12.3. The SMILES string of the molecule is CCC(C)CCOC(=O)OC. The highest BCUT2D eigenvalue weighted by molar-refractivity contribution is 5.59. The van der Waals surface area contributed by atoms with Crippen LogP contribution in [0.1, 0.15) is 26.7 Å². The van der Waals surface area contributed by atoms with Gasteiger partial charge in [0.2, 0.25) is 0 Å². The van der Waals surface area contributed by atoms with Crippen molar-refractivity contribution < 1.29 is 14.3 Å². The van der Waals surface area contributed by atoms with Crippen LogP contribution in [-0.4, -0.2) is 19.9 Å². The highest BCUT2D eigenvalue weighted by Gasteiger charge is 2.02. The van der Waals surface area contributed by atoms with E-state index in [9.17, 15) is 4.79 Å². The van der Waals surface area contributed by atoms with Gasteiger partial charge in [-0.25, -0.2) is 4.79 Å². The summed E-state index contributed by atoms with van der Waals surface area (Å²) >= 11 is 0. The van der Waals surface area contributed by atoms with E-state index in [2.05, 4.69) is 18.6 Å². The molecule has 0 aromatic rings. The zero-order valence-electron chi connectivity index (χ0n) is 7.42. The zero-order valence-corrected chi connectivity index (χ0v) is 7.42. The molecule has 0 rings (SSSR count). The average Bonchev–Trinajstić information content (AvgIpc) is 2.04. The van der Waals surface area contributed by atoms with E-state index in [1.165, 1.54) is 7.11 Å². The first-order chi connectivity index (χ1) is 5.20. The molecule has 1 atom stereocenters. The van der Waals surface area contributed by atoms with Gasteiger partial charge in [-0.3, -0.25) is 0 Å². The second-order valence-corrected chi connectivity index (χ2v) is 2.60. The van der Waals surface area contributed by atoms with Crippen LogP contribution in [0.4, 0.5) is 4.79 Å². The largest absolute Gasteiger partial charge is 0.507 e. The lowest BCUT2D eigenvalue weighted by Gasteiger charge is -2.07. The van der Waals surface area contributed by atoms with Crippen LogP contribution in [-0.2, 0) is 9.47 Å². The fraction of sp³-hybridized carbons (Fsp3) is 0.875. The zero-order chi connectivity index (χ0) is 8.69. The molecule has 0 aliphatic carbocycles. The van der Waals surface area contributed by atoms with E-state index in [-0.39, 0.29) is 0 Å². The molecule has 0 aliphatic heterocycles. The number of hydrogen-bond acceptors (Lipinski definition) is 3. The van der Waals surface area contributed by atoms with Crippen molar-refractivity contribution >= 4 is 6.16 Å². The highest BCUT2D eigenvalue weighted by Crippen LogP contribution is 2.05. The Kier molecular flexibility index (Phi) is 5.61. The van der Waals surface area contributed by atoms with Crippen molar-refractivity contribution in [2.45, 2.75) is 26.7 Å². The van der Waals surface area contributed by atoms with Crippen molar-refractivity contribution in [1.82, 2.24) is 0 Å². The Labute approximate surface area is 67.7 Å². The standard InChI is InChI=1S/C8H16O3/c1-4-7(2)5-6-11-8(9)10-3/h7H,4-6H2,1-3H3. The molecule has 3 nitrogen and oxygen atoms in total. The van der Waals surface area contributed by atoms with Gasteiger partial charge in [-0.1, -0.05) is 20.3 Å². The van der Waals surface area contributed by atoms with E-state index in [0.29, 0.717) is 12.5 Å². The molecule has 0 amide bonds. The maximum atomic E-state index is 10.4. The van der Waals surface area contributed by atoms with E-state index in [0.717, 1.165) is 12.8 Å². The van der Waals surface area contributed by atoms with Crippen molar-refractivity contribution in [2.24, 2.45) is 5.92 Å².